The van der Waals surface area contributed by atoms with Crippen molar-refractivity contribution in [3.8, 4) is 35.0 Å². The van der Waals surface area contributed by atoms with Gasteiger partial charge in [-0.25, -0.2) is 0 Å². The molecule has 0 bridgehead atoms. The van der Waals surface area contributed by atoms with Gasteiger partial charge in [0.1, 0.15) is 0 Å². The van der Waals surface area contributed by atoms with Crippen LogP contribution in [-0.2, 0) is 0 Å². The van der Waals surface area contributed by atoms with Gasteiger partial charge in [-0.3, -0.25) is 9.13 Å². The third-order valence-corrected chi connectivity index (χ3v) is 19.2. The van der Waals surface area contributed by atoms with Crippen LogP contribution in [-0.4, -0.2) is 36.7 Å². The maximum atomic E-state index is 10.3. The van der Waals surface area contributed by atoms with E-state index in [4.69, 9.17) is 15.0 Å². The van der Waals surface area contributed by atoms with Crippen LogP contribution in [0.5, 0.6) is 0 Å². The number of hydrogen-bond donors (Lipinski definition) is 0. The van der Waals surface area contributed by atoms with E-state index in [1.807, 2.05) is 18.2 Å². The Morgan fingerprint density at radius 3 is 1.43 bits per heavy atom. The van der Waals surface area contributed by atoms with Crippen LogP contribution in [0.1, 0.15) is 5.56 Å². The lowest BCUT2D eigenvalue weighted by atomic mass is 10.1. The van der Waals surface area contributed by atoms with Crippen LogP contribution in [0.4, 0.5) is 0 Å². The van der Waals surface area contributed by atoms with Crippen molar-refractivity contribution >= 4 is 94.2 Å². The summed E-state index contributed by atoms with van der Waals surface area (Å²) in [6.07, 6.45) is 0. The van der Waals surface area contributed by atoms with Gasteiger partial charge in [-0.2, -0.15) is 20.2 Å². The van der Waals surface area contributed by atoms with Gasteiger partial charge < -0.3 is 4.57 Å². The number of rotatable bonds is 8. The zero-order valence-electron chi connectivity index (χ0n) is 38.8. The number of aromatic nitrogens is 6. The second kappa shape index (κ2) is 16.5. The first-order valence-corrected chi connectivity index (χ1v) is 26.2. The van der Waals surface area contributed by atoms with Crippen LogP contribution in [0.3, 0.4) is 0 Å². The predicted molar refractivity (Wildman–Crippen MR) is 297 cm³/mol. The van der Waals surface area contributed by atoms with Gasteiger partial charge >= 0.3 is 0 Å². The third-order valence-electron chi connectivity index (χ3n) is 14.5. The summed E-state index contributed by atoms with van der Waals surface area (Å²) in [4.78, 5) is 16.8. The van der Waals surface area contributed by atoms with E-state index in [2.05, 4.69) is 250 Å². The topological polar surface area (TPSA) is 77.2 Å². The van der Waals surface area contributed by atoms with Crippen molar-refractivity contribution in [3.63, 3.8) is 0 Å². The highest BCUT2D eigenvalue weighted by Gasteiger charge is 2.41. The molecule has 0 aliphatic rings. The summed E-state index contributed by atoms with van der Waals surface area (Å²) in [5.41, 5.74) is 8.47. The molecule has 0 fully saturated rings. The van der Waals surface area contributed by atoms with E-state index in [9.17, 15) is 5.26 Å². The van der Waals surface area contributed by atoms with Crippen LogP contribution < -0.4 is 20.7 Å². The molecule has 14 aromatic rings. The minimum Gasteiger partial charge on any atom is -0.309 e. The Bertz CT molecular complexity index is 4310. The normalized spacial score (nSPS) is 11.9. The summed E-state index contributed by atoms with van der Waals surface area (Å²) in [5.74, 6) is 1.50. The second-order valence-corrected chi connectivity index (χ2v) is 22.1. The third kappa shape index (κ3) is 6.18. The van der Waals surface area contributed by atoms with E-state index in [0.717, 1.165) is 76.7 Å². The molecular weight excluding hydrogens is 895 g/mol. The molecule has 0 aliphatic heterocycles. The summed E-state index contributed by atoms with van der Waals surface area (Å²) in [5, 5.41) is 21.7. The largest absolute Gasteiger partial charge is 0.309 e. The van der Waals surface area contributed by atoms with Crippen LogP contribution >= 0.6 is 0 Å². The Morgan fingerprint density at radius 1 is 0.347 bits per heavy atom. The molecule has 0 atom stereocenters. The SMILES string of the molecule is N#Cc1ccc2c(c1)c1ccc3c(c4ccccc4n3-c3ccccc3)c1n2-c1nc(-c2cccc([Si](c3ccccc3)(c3ccccc3)c3ccccc3)c2)nc(-n2c3ccccc3c3ccccc32)n1. The maximum Gasteiger partial charge on any atom is 0.240 e. The zero-order chi connectivity index (χ0) is 47.8. The Kier molecular flexibility index (Phi) is 9.46. The average Bonchev–Trinajstić information content (AvgIpc) is 4.10. The molecule has 8 heteroatoms. The van der Waals surface area contributed by atoms with Crippen molar-refractivity contribution in [3.05, 3.63) is 254 Å². The van der Waals surface area contributed by atoms with Crippen molar-refractivity contribution in [2.75, 3.05) is 0 Å². The van der Waals surface area contributed by atoms with Gasteiger partial charge in [0.15, 0.2) is 13.9 Å². The van der Waals surface area contributed by atoms with Crippen LogP contribution in [0, 0.1) is 11.3 Å². The van der Waals surface area contributed by atoms with Crippen molar-refractivity contribution in [2.45, 2.75) is 0 Å². The van der Waals surface area contributed by atoms with Crippen molar-refractivity contribution in [1.29, 1.82) is 5.26 Å². The number of hydrogen-bond acceptors (Lipinski definition) is 4. The maximum absolute atomic E-state index is 10.3. The number of nitriles is 1. The minimum atomic E-state index is -2.94. The van der Waals surface area contributed by atoms with Crippen LogP contribution in [0.15, 0.2) is 249 Å². The minimum absolute atomic E-state index is 0.466. The van der Waals surface area contributed by atoms with Crippen molar-refractivity contribution in [2.24, 2.45) is 0 Å². The Balaban J connectivity index is 1.12. The molecule has 0 saturated carbocycles. The number of nitrogens with zero attached hydrogens (tertiary/aromatic N) is 7. The zero-order valence-corrected chi connectivity index (χ0v) is 39.8. The molecular formula is C64H41N7Si. The molecule has 0 radical (unpaired) electrons. The molecule has 72 heavy (non-hydrogen) atoms. The van der Waals surface area contributed by atoms with Gasteiger partial charge in [0.05, 0.1) is 44.7 Å². The first-order chi connectivity index (χ1) is 35.7. The molecule has 336 valence electrons. The van der Waals surface area contributed by atoms with E-state index in [1.165, 1.54) is 20.7 Å². The fourth-order valence-corrected chi connectivity index (χ4v) is 16.3. The number of benzene rings is 10. The van der Waals surface area contributed by atoms with Crippen molar-refractivity contribution < 1.29 is 0 Å². The lowest BCUT2D eigenvalue weighted by Gasteiger charge is -2.34. The van der Waals surface area contributed by atoms with Crippen LogP contribution in [0.25, 0.3) is 94.4 Å². The summed E-state index contributed by atoms with van der Waals surface area (Å²) in [6, 6.07) is 90.7. The molecule has 4 aromatic heterocycles. The number of fused-ring (bicyclic) bond motifs is 10. The lowest BCUT2D eigenvalue weighted by Crippen LogP contribution is -2.74. The van der Waals surface area contributed by atoms with Gasteiger partial charge in [0, 0.05) is 43.6 Å². The van der Waals surface area contributed by atoms with E-state index in [1.54, 1.807) is 0 Å². The summed E-state index contributed by atoms with van der Waals surface area (Å²) < 4.78 is 6.72. The molecule has 0 spiro atoms. The highest BCUT2D eigenvalue weighted by Crippen LogP contribution is 2.42. The van der Waals surface area contributed by atoms with Gasteiger partial charge in [0.25, 0.3) is 0 Å². The molecule has 0 aliphatic carbocycles. The number of para-hydroxylation sites is 4. The standard InChI is InChI=1S/C64H41N7Si/c65-42-43-36-38-58-54(40-43)52-37-39-59-60(53-32-15-18-35-57(53)69(59)45-21-5-1-6-22-45)61(52)71(58)64-67-62(66-63(68-64)70-55-33-16-13-30-50(55)51-31-14-17-34-56(51)70)44-20-19-29-49(41-44)72(46-23-7-2-8-24-46,47-25-9-3-10-26-47)48-27-11-4-12-28-48/h1-41H. The monoisotopic (exact) mass is 935 g/mol. The fraction of sp³-hybridized carbons (Fsp3) is 0. The summed E-state index contributed by atoms with van der Waals surface area (Å²) in [7, 11) is -2.94. The quantitative estimate of drug-likeness (QED) is 0.112. The van der Waals surface area contributed by atoms with E-state index in [0.29, 0.717) is 23.3 Å². The highest BCUT2D eigenvalue weighted by atomic mass is 28.3. The molecule has 14 rings (SSSR count). The van der Waals surface area contributed by atoms with Gasteiger partial charge in [-0.05, 0) is 75.3 Å². The van der Waals surface area contributed by atoms with Gasteiger partial charge in [0.2, 0.25) is 11.9 Å². The smallest absolute Gasteiger partial charge is 0.240 e. The predicted octanol–water partition coefficient (Wildman–Crippen LogP) is 12.1. The first-order valence-electron chi connectivity index (χ1n) is 24.2. The van der Waals surface area contributed by atoms with E-state index >= 15 is 0 Å². The lowest BCUT2D eigenvalue weighted by molar-refractivity contribution is 0.894. The summed E-state index contributed by atoms with van der Waals surface area (Å²) in [6.45, 7) is 0. The van der Waals surface area contributed by atoms with Gasteiger partial charge in [-0.1, -0.05) is 194 Å². The molecule has 4 heterocycles. The average molecular weight is 936 g/mol. The first kappa shape index (κ1) is 41.3. The Morgan fingerprint density at radius 2 is 0.833 bits per heavy atom. The molecule has 10 aromatic carbocycles. The fourth-order valence-electron chi connectivity index (χ4n) is 11.5. The molecule has 7 nitrogen and oxygen atoms in total. The van der Waals surface area contributed by atoms with Gasteiger partial charge in [-0.15, -0.1) is 0 Å². The van der Waals surface area contributed by atoms with Crippen LogP contribution in [0.2, 0.25) is 0 Å². The van der Waals surface area contributed by atoms with E-state index in [-0.39, 0.29) is 0 Å². The van der Waals surface area contributed by atoms with E-state index < -0.39 is 8.07 Å². The Labute approximate surface area is 415 Å². The molecule has 0 unspecified atom stereocenters. The Hall–Kier alpha value is -9.68. The van der Waals surface area contributed by atoms with Crippen molar-refractivity contribution in [1.82, 2.24) is 28.7 Å². The second-order valence-electron chi connectivity index (χ2n) is 18.3. The molecule has 0 amide bonds. The molecule has 0 saturated heterocycles. The molecule has 0 N–H and O–H groups in total. The summed E-state index contributed by atoms with van der Waals surface area (Å²) >= 11 is 0. The highest BCUT2D eigenvalue weighted by molar-refractivity contribution is 7.19.